The van der Waals surface area contributed by atoms with E-state index >= 15 is 0 Å². The average molecular weight is 282 g/mol. The van der Waals surface area contributed by atoms with Crippen LogP contribution in [0.2, 0.25) is 0 Å². The molecular weight excluding hydrogens is 264 g/mol. The first-order valence-electron chi connectivity index (χ1n) is 6.88. The smallest absolute Gasteiger partial charge is 0.237 e. The van der Waals surface area contributed by atoms with Gasteiger partial charge < -0.3 is 5.32 Å². The van der Waals surface area contributed by atoms with Crippen LogP contribution in [0.1, 0.15) is 11.1 Å². The zero-order valence-electron chi connectivity index (χ0n) is 12.0. The highest BCUT2D eigenvalue weighted by molar-refractivity contribution is 5.81. The number of carbonyl (C=O) groups excluding carboxylic acids is 1. The van der Waals surface area contributed by atoms with Gasteiger partial charge in [0.05, 0.1) is 12.3 Å². The number of amides is 1. The Morgan fingerprint density at radius 2 is 2.14 bits per heavy atom. The standard InChI is InChI=1S/C16H18N4O/c1-20-12-14(11-19-20)7-8-18-16(21)15(10-17)9-13-5-3-2-4-6-13/h2-6,11-12,15H,7-9H2,1H3,(H,18,21). The fraction of sp³-hybridized carbons (Fsp3) is 0.312. The molecule has 1 amide bonds. The maximum absolute atomic E-state index is 12.0. The van der Waals surface area contributed by atoms with Crippen molar-refractivity contribution in [2.75, 3.05) is 6.54 Å². The summed E-state index contributed by atoms with van der Waals surface area (Å²) in [5, 5.41) is 16.0. The monoisotopic (exact) mass is 282 g/mol. The molecule has 1 heterocycles. The number of benzene rings is 1. The van der Waals surface area contributed by atoms with Crippen molar-refractivity contribution >= 4 is 5.91 Å². The zero-order chi connectivity index (χ0) is 15.1. The summed E-state index contributed by atoms with van der Waals surface area (Å²) in [7, 11) is 1.85. The lowest BCUT2D eigenvalue weighted by Crippen LogP contribution is -2.32. The molecule has 108 valence electrons. The molecular formula is C16H18N4O. The summed E-state index contributed by atoms with van der Waals surface area (Å²) in [6, 6.07) is 11.7. The van der Waals surface area contributed by atoms with Gasteiger partial charge in [0, 0.05) is 19.8 Å². The van der Waals surface area contributed by atoms with Crippen LogP contribution in [-0.4, -0.2) is 22.2 Å². The maximum atomic E-state index is 12.0. The summed E-state index contributed by atoms with van der Waals surface area (Å²) in [5.74, 6) is -0.869. The Hall–Kier alpha value is -2.61. The van der Waals surface area contributed by atoms with Crippen LogP contribution in [-0.2, 0) is 24.7 Å². The van der Waals surface area contributed by atoms with Crippen molar-refractivity contribution in [2.45, 2.75) is 12.8 Å². The van der Waals surface area contributed by atoms with Crippen LogP contribution in [0, 0.1) is 17.2 Å². The van der Waals surface area contributed by atoms with E-state index in [0.717, 1.165) is 11.1 Å². The molecule has 0 aliphatic heterocycles. The van der Waals surface area contributed by atoms with Gasteiger partial charge in [-0.15, -0.1) is 0 Å². The van der Waals surface area contributed by atoms with E-state index in [2.05, 4.69) is 16.5 Å². The highest BCUT2D eigenvalue weighted by Gasteiger charge is 2.17. The Balaban J connectivity index is 1.82. The molecule has 1 atom stereocenters. The van der Waals surface area contributed by atoms with Crippen LogP contribution in [0.25, 0.3) is 0 Å². The van der Waals surface area contributed by atoms with Gasteiger partial charge >= 0.3 is 0 Å². The van der Waals surface area contributed by atoms with E-state index in [-0.39, 0.29) is 5.91 Å². The summed E-state index contributed by atoms with van der Waals surface area (Å²) >= 11 is 0. The minimum Gasteiger partial charge on any atom is -0.355 e. The number of aryl methyl sites for hydroxylation is 1. The van der Waals surface area contributed by atoms with Crippen LogP contribution >= 0.6 is 0 Å². The molecule has 2 aromatic rings. The fourth-order valence-electron chi connectivity index (χ4n) is 2.10. The maximum Gasteiger partial charge on any atom is 0.237 e. The SMILES string of the molecule is Cn1cc(CCNC(=O)C(C#N)Cc2ccccc2)cn1. The van der Waals surface area contributed by atoms with Gasteiger partial charge in [0.15, 0.2) is 0 Å². The molecule has 2 rings (SSSR count). The molecule has 0 aliphatic carbocycles. The Bertz CT molecular complexity index is 627. The summed E-state index contributed by atoms with van der Waals surface area (Å²) in [6.45, 7) is 0.511. The van der Waals surface area contributed by atoms with Gasteiger partial charge in [-0.05, 0) is 24.0 Å². The molecule has 21 heavy (non-hydrogen) atoms. The molecule has 1 unspecified atom stereocenters. The van der Waals surface area contributed by atoms with Gasteiger partial charge in [-0.25, -0.2) is 0 Å². The van der Waals surface area contributed by atoms with Crippen molar-refractivity contribution < 1.29 is 4.79 Å². The largest absolute Gasteiger partial charge is 0.355 e. The number of rotatable bonds is 6. The molecule has 1 N–H and O–H groups in total. The van der Waals surface area contributed by atoms with Crippen LogP contribution in [0.4, 0.5) is 0 Å². The number of nitriles is 1. The average Bonchev–Trinajstić information content (AvgIpc) is 2.91. The van der Waals surface area contributed by atoms with Crippen molar-refractivity contribution in [3.8, 4) is 6.07 Å². The Morgan fingerprint density at radius 1 is 1.38 bits per heavy atom. The van der Waals surface area contributed by atoms with Crippen LogP contribution < -0.4 is 5.32 Å². The predicted octanol–water partition coefficient (Wildman–Crippen LogP) is 1.46. The fourth-order valence-corrected chi connectivity index (χ4v) is 2.10. The molecule has 0 aliphatic rings. The lowest BCUT2D eigenvalue weighted by atomic mass is 10.00. The summed E-state index contributed by atoms with van der Waals surface area (Å²) in [4.78, 5) is 12.0. The minimum atomic E-state index is -0.652. The molecule has 0 spiro atoms. The van der Waals surface area contributed by atoms with E-state index in [9.17, 15) is 4.79 Å². The highest BCUT2D eigenvalue weighted by atomic mass is 16.1. The molecule has 0 saturated carbocycles. The molecule has 0 saturated heterocycles. The number of nitrogens with zero attached hydrogens (tertiary/aromatic N) is 3. The molecule has 5 heteroatoms. The molecule has 0 bridgehead atoms. The number of nitrogens with one attached hydrogen (secondary N) is 1. The second-order valence-corrected chi connectivity index (χ2v) is 4.93. The van der Waals surface area contributed by atoms with Crippen molar-refractivity contribution in [1.29, 1.82) is 5.26 Å². The third-order valence-corrected chi connectivity index (χ3v) is 3.23. The molecule has 5 nitrogen and oxygen atoms in total. The quantitative estimate of drug-likeness (QED) is 0.872. The van der Waals surface area contributed by atoms with Crippen molar-refractivity contribution in [3.05, 3.63) is 53.9 Å². The third kappa shape index (κ3) is 4.46. The van der Waals surface area contributed by atoms with Crippen LogP contribution in [0.3, 0.4) is 0 Å². The summed E-state index contributed by atoms with van der Waals surface area (Å²) in [6.07, 6.45) is 4.84. The number of hydrogen-bond acceptors (Lipinski definition) is 3. The summed E-state index contributed by atoms with van der Waals surface area (Å²) in [5.41, 5.74) is 2.06. The van der Waals surface area contributed by atoms with Crippen molar-refractivity contribution in [3.63, 3.8) is 0 Å². The lowest BCUT2D eigenvalue weighted by Gasteiger charge is -2.10. The van der Waals surface area contributed by atoms with Crippen molar-refractivity contribution in [1.82, 2.24) is 15.1 Å². The highest BCUT2D eigenvalue weighted by Crippen LogP contribution is 2.08. The molecule has 0 fully saturated rings. The predicted molar refractivity (Wildman–Crippen MR) is 79.2 cm³/mol. The van der Waals surface area contributed by atoms with E-state index < -0.39 is 5.92 Å². The first-order chi connectivity index (χ1) is 10.2. The molecule has 1 aromatic heterocycles. The summed E-state index contributed by atoms with van der Waals surface area (Å²) < 4.78 is 1.73. The number of aromatic nitrogens is 2. The molecule has 0 radical (unpaired) electrons. The lowest BCUT2D eigenvalue weighted by molar-refractivity contribution is -0.123. The number of hydrogen-bond donors (Lipinski definition) is 1. The topological polar surface area (TPSA) is 70.7 Å². The zero-order valence-corrected chi connectivity index (χ0v) is 12.0. The van der Waals surface area contributed by atoms with E-state index in [1.54, 1.807) is 10.9 Å². The van der Waals surface area contributed by atoms with Crippen LogP contribution in [0.5, 0.6) is 0 Å². The first-order valence-corrected chi connectivity index (χ1v) is 6.88. The van der Waals surface area contributed by atoms with Crippen LogP contribution in [0.15, 0.2) is 42.7 Å². The Kier molecular flexibility index (Phi) is 5.10. The second kappa shape index (κ2) is 7.25. The minimum absolute atomic E-state index is 0.217. The second-order valence-electron chi connectivity index (χ2n) is 4.93. The van der Waals surface area contributed by atoms with E-state index in [0.29, 0.717) is 19.4 Å². The Labute approximate surface area is 124 Å². The van der Waals surface area contributed by atoms with Gasteiger partial charge in [0.25, 0.3) is 0 Å². The van der Waals surface area contributed by atoms with Gasteiger partial charge in [-0.3, -0.25) is 9.48 Å². The number of carbonyl (C=O) groups is 1. The van der Waals surface area contributed by atoms with Gasteiger partial charge in [0.2, 0.25) is 5.91 Å². The van der Waals surface area contributed by atoms with E-state index in [4.69, 9.17) is 5.26 Å². The third-order valence-electron chi connectivity index (χ3n) is 3.23. The Morgan fingerprint density at radius 3 is 2.76 bits per heavy atom. The normalized spacial score (nSPS) is 11.6. The van der Waals surface area contributed by atoms with E-state index in [1.165, 1.54) is 0 Å². The first kappa shape index (κ1) is 14.8. The van der Waals surface area contributed by atoms with Gasteiger partial charge in [0.1, 0.15) is 5.92 Å². The molecule has 1 aromatic carbocycles. The van der Waals surface area contributed by atoms with Crippen molar-refractivity contribution in [2.24, 2.45) is 13.0 Å². The van der Waals surface area contributed by atoms with E-state index in [1.807, 2.05) is 43.6 Å². The van der Waals surface area contributed by atoms with Gasteiger partial charge in [-0.2, -0.15) is 10.4 Å². The van der Waals surface area contributed by atoms with Gasteiger partial charge in [-0.1, -0.05) is 30.3 Å².